The lowest BCUT2D eigenvalue weighted by Gasteiger charge is -2.21. The van der Waals surface area contributed by atoms with Crippen LogP contribution in [0.1, 0.15) is 89.2 Å². The molecule has 6 unspecified atom stereocenters. The minimum absolute atomic E-state index is 0.0943. The molecule has 95 heavy (non-hydrogen) atoms. The third-order valence-corrected chi connectivity index (χ3v) is 17.2. The van der Waals surface area contributed by atoms with E-state index in [1.54, 1.807) is 42.5 Å². The van der Waals surface area contributed by atoms with Gasteiger partial charge in [-0.1, -0.05) is 29.1 Å². The van der Waals surface area contributed by atoms with Crippen molar-refractivity contribution >= 4 is 64.5 Å². The number of nitrogens with two attached hydrogens (primary N) is 1. The van der Waals surface area contributed by atoms with Gasteiger partial charge in [0.15, 0.2) is 18.3 Å². The van der Waals surface area contributed by atoms with Crippen molar-refractivity contribution in [1.29, 1.82) is 0 Å². The van der Waals surface area contributed by atoms with Gasteiger partial charge in [-0.05, 0) is 117 Å². The molecule has 0 radical (unpaired) electrons. The van der Waals surface area contributed by atoms with Crippen LogP contribution >= 0.6 is 23.5 Å². The number of phosphoric ester groups is 1. The maximum atomic E-state index is 13.7. The molecule has 512 valence electrons. The van der Waals surface area contributed by atoms with Gasteiger partial charge in [-0.3, -0.25) is 42.8 Å². The molecule has 0 spiro atoms. The Morgan fingerprint density at radius 3 is 2.37 bits per heavy atom. The molecule has 1 aliphatic carbocycles. The number of aromatic nitrogens is 2. The molecule has 37 heteroatoms. The second kappa shape index (κ2) is 36.5. The first-order valence-electron chi connectivity index (χ1n) is 29.1. The van der Waals surface area contributed by atoms with Gasteiger partial charge in [0.05, 0.1) is 45.8 Å². The molecule has 0 saturated carbocycles. The fourth-order valence-electron chi connectivity index (χ4n) is 9.26. The number of ether oxygens (including phenoxy) is 6. The van der Waals surface area contributed by atoms with Gasteiger partial charge in [-0.15, -0.1) is 0 Å². The molecule has 1 saturated heterocycles. The van der Waals surface area contributed by atoms with Crippen molar-refractivity contribution in [2.24, 2.45) is 10.8 Å². The third-order valence-electron chi connectivity index (χ3n) is 13.4. The Hall–Kier alpha value is -8.41. The number of hydrogen-bond acceptors (Lipinski definition) is 23. The summed E-state index contributed by atoms with van der Waals surface area (Å²) in [6.07, 6.45) is 0.634. The standard InChI is InChI=1S/C58H72N11O23P3/c1-5-61-46-17-14-38(24-36(46)3)55(45-25-37(4)47(62-6-2)28-48(45)71)44-16-15-43(27-41(44)31-70)85-21-9-13-51(72)64-19-20-65-56(74)39-10-7-12-42(26-39)87-34-53(67-68-60)86-23-22-84-33-52(73)63-18-8-11-40-30-69(58(76)66-57(40)75)54-29-49(88-35-59)50(90-54)32-89-94(80,81)92-95(82,83)91-93(77,78)79/h7,10,12,14-17,24-28,30-31,49-50,53-54,61-62H,5-6,9,13,18-23,29,32-35,59H2,1-4H3,(H,63,73)(H,64,72)(H,65,74)(H,80,81)(H,82,83)(H,66,75,76)(H2,77,78,79)/b55-45+. The number of benzene rings is 3. The first kappa shape index (κ1) is 75.6. The number of anilines is 1. The van der Waals surface area contributed by atoms with Crippen molar-refractivity contribution in [3.05, 3.63) is 161 Å². The Morgan fingerprint density at radius 2 is 1.65 bits per heavy atom. The van der Waals surface area contributed by atoms with E-state index in [0.717, 1.165) is 51.7 Å². The van der Waals surface area contributed by atoms with Gasteiger partial charge in [-0.2, -0.15) is 8.62 Å². The molecule has 3 amide bonds. The molecule has 34 nitrogen and oxygen atoms in total. The normalized spacial score (nSPS) is 17.4. The van der Waals surface area contributed by atoms with E-state index in [-0.39, 0.29) is 87.5 Å². The average molecular weight is 1380 g/mol. The van der Waals surface area contributed by atoms with Crippen molar-refractivity contribution in [3.8, 4) is 23.3 Å². The van der Waals surface area contributed by atoms with Crippen LogP contribution in [0.15, 0.2) is 111 Å². The predicted molar refractivity (Wildman–Crippen MR) is 339 cm³/mol. The highest BCUT2D eigenvalue weighted by atomic mass is 31.3. The lowest BCUT2D eigenvalue weighted by atomic mass is 9.85. The number of ketones is 1. The number of H-pyrrole nitrogens is 1. The van der Waals surface area contributed by atoms with E-state index in [4.69, 9.17) is 49.5 Å². The summed E-state index contributed by atoms with van der Waals surface area (Å²) in [5.74, 6) is 4.10. The fourth-order valence-corrected chi connectivity index (χ4v) is 12.3. The number of nitrogens with zero attached hydrogens (tertiary/aromatic N) is 4. The van der Waals surface area contributed by atoms with Crippen LogP contribution in [0.25, 0.3) is 16.0 Å². The summed E-state index contributed by atoms with van der Waals surface area (Å²) in [5, 5.41) is 18.0. The van der Waals surface area contributed by atoms with Crippen molar-refractivity contribution in [2.45, 2.75) is 71.6 Å². The monoisotopic (exact) mass is 1380 g/mol. The molecule has 0 bridgehead atoms. The van der Waals surface area contributed by atoms with E-state index in [0.29, 0.717) is 41.0 Å². The van der Waals surface area contributed by atoms with Crippen LogP contribution in [0.5, 0.6) is 11.5 Å². The van der Waals surface area contributed by atoms with Crippen LogP contribution in [-0.2, 0) is 60.2 Å². The third kappa shape index (κ3) is 24.1. The Kier molecular flexibility index (Phi) is 29.0. The molecule has 2 heterocycles. The number of carbonyl (C=O) groups excluding carboxylic acids is 5. The summed E-state index contributed by atoms with van der Waals surface area (Å²) in [6, 6.07) is 17.1. The highest BCUT2D eigenvalue weighted by molar-refractivity contribution is 7.66. The minimum Gasteiger partial charge on any atom is -0.494 e. The molecule has 12 N–H and O–H groups in total. The van der Waals surface area contributed by atoms with Crippen LogP contribution in [0.4, 0.5) is 5.69 Å². The number of allylic oxidation sites excluding steroid dienone is 4. The van der Waals surface area contributed by atoms with Crippen LogP contribution in [0, 0.1) is 18.8 Å². The Labute approximate surface area is 543 Å². The zero-order chi connectivity index (χ0) is 69.3. The molecular weight excluding hydrogens is 1310 g/mol. The maximum Gasteiger partial charge on any atom is 0.490 e. The molecule has 2 aliphatic rings. The zero-order valence-electron chi connectivity index (χ0n) is 51.8. The largest absolute Gasteiger partial charge is 0.494 e. The van der Waals surface area contributed by atoms with Gasteiger partial charge in [-0.25, -0.2) is 18.5 Å². The summed E-state index contributed by atoms with van der Waals surface area (Å²) in [6.45, 7) is 6.90. The number of amides is 3. The molecule has 3 aromatic carbocycles. The Bertz CT molecular complexity index is 3930. The van der Waals surface area contributed by atoms with Gasteiger partial charge in [0.25, 0.3) is 11.5 Å². The number of azide groups is 1. The van der Waals surface area contributed by atoms with Crippen molar-refractivity contribution in [1.82, 2.24) is 30.8 Å². The van der Waals surface area contributed by atoms with Crippen molar-refractivity contribution < 1.29 is 98.8 Å². The molecule has 6 atom stereocenters. The first-order valence-corrected chi connectivity index (χ1v) is 33.7. The van der Waals surface area contributed by atoms with E-state index in [1.807, 2.05) is 57.0 Å². The highest BCUT2D eigenvalue weighted by Crippen LogP contribution is 2.66. The van der Waals surface area contributed by atoms with E-state index >= 15 is 0 Å². The van der Waals surface area contributed by atoms with Crippen LogP contribution in [-0.4, -0.2) is 156 Å². The quantitative estimate of drug-likeness (QED) is 0.00352. The van der Waals surface area contributed by atoms with Gasteiger partial charge in [0, 0.05) is 89.9 Å². The molecule has 1 fully saturated rings. The van der Waals surface area contributed by atoms with Crippen molar-refractivity contribution in [2.75, 3.05) is 84.4 Å². The summed E-state index contributed by atoms with van der Waals surface area (Å²) >= 11 is 0. The predicted octanol–water partition coefficient (Wildman–Crippen LogP) is 3.77. The van der Waals surface area contributed by atoms with Crippen LogP contribution in [0.2, 0.25) is 0 Å². The topological polar surface area (TPSA) is 490 Å². The van der Waals surface area contributed by atoms with E-state index < -0.39 is 91.1 Å². The van der Waals surface area contributed by atoms with Gasteiger partial charge in [0.2, 0.25) is 11.8 Å². The second-order valence-electron chi connectivity index (χ2n) is 20.4. The number of phosphoric acid groups is 3. The maximum absolute atomic E-state index is 13.7. The van der Waals surface area contributed by atoms with Gasteiger partial charge >= 0.3 is 29.2 Å². The number of aromatic amines is 1. The molecule has 1 aromatic heterocycles. The number of hydrogen-bond donors (Lipinski definition) is 11. The SMILES string of the molecule is CCNC1=CC(=O)/C(=C(\c2ccc(NCC)c(C)c2)c2ccc(OCCCC(=O)NCCNC(=O)c3cccc(OCC(N=[N+]=[N-])OCCOCC(=O)NCC#Cc4cn(C5CC(OCN)C(COP(=O)(O)OP(=O)(O)OP(=O)(O)O)O5)c(=O)[nH]c4=O)c3)cc2C=O)C=C1C. The summed E-state index contributed by atoms with van der Waals surface area (Å²) < 4.78 is 81.4. The highest BCUT2D eigenvalue weighted by Gasteiger charge is 2.44. The van der Waals surface area contributed by atoms with Crippen LogP contribution < -0.4 is 53.0 Å². The average Bonchev–Trinajstić information content (AvgIpc) is 0.929. The van der Waals surface area contributed by atoms with Crippen LogP contribution in [0.3, 0.4) is 0 Å². The first-order chi connectivity index (χ1) is 45.3. The van der Waals surface area contributed by atoms with E-state index in [9.17, 15) is 57.0 Å². The number of aldehydes is 1. The number of nitrogens with one attached hydrogen (secondary N) is 6. The number of carbonyl (C=O) groups is 5. The van der Waals surface area contributed by atoms with E-state index in [2.05, 4.69) is 61.6 Å². The van der Waals surface area contributed by atoms with E-state index in [1.165, 1.54) is 6.07 Å². The lowest BCUT2D eigenvalue weighted by molar-refractivity contribution is -0.126. The van der Waals surface area contributed by atoms with Gasteiger partial charge < -0.3 is 80.3 Å². The molecule has 6 rings (SSSR count). The van der Waals surface area contributed by atoms with Crippen molar-refractivity contribution in [3.63, 3.8) is 0 Å². The second-order valence-corrected chi connectivity index (χ2v) is 24.8. The minimum atomic E-state index is -5.82. The summed E-state index contributed by atoms with van der Waals surface area (Å²) in [4.78, 5) is 131. The summed E-state index contributed by atoms with van der Waals surface area (Å²) in [5.41, 5.74) is 18.9. The fraction of sp³-hybridized carbons (Fsp3) is 0.397. The number of likely N-dealkylation sites (N-methyl/N-ethyl adjacent to an activating group) is 1. The Morgan fingerprint density at radius 1 is 0.895 bits per heavy atom. The molecular formula is C58H72N11O23P3. The Balaban J connectivity index is 0.879. The van der Waals surface area contributed by atoms with Gasteiger partial charge in [0.1, 0.15) is 42.6 Å². The summed E-state index contributed by atoms with van der Waals surface area (Å²) in [7, 11) is -17.0. The molecule has 1 aliphatic heterocycles. The smallest absolute Gasteiger partial charge is 0.490 e. The lowest BCUT2D eigenvalue weighted by Crippen LogP contribution is -2.34. The molecule has 4 aromatic rings. The zero-order valence-corrected chi connectivity index (χ0v) is 54.4. The number of rotatable bonds is 37. The number of aryl methyl sites for hydroxylation is 1.